The molecule has 0 spiro atoms. The quantitative estimate of drug-likeness (QED) is 0.464. The van der Waals surface area contributed by atoms with E-state index in [-0.39, 0.29) is 16.9 Å². The third kappa shape index (κ3) is 7.42. The Morgan fingerprint density at radius 3 is 2.50 bits per heavy atom. The largest absolute Gasteiger partial charge is 0.492 e. The number of hydrogen-bond donors (Lipinski definition) is 3. The van der Waals surface area contributed by atoms with Crippen molar-refractivity contribution in [3.05, 3.63) is 58.1 Å². The summed E-state index contributed by atoms with van der Waals surface area (Å²) in [6.07, 6.45) is 0.862. The molecule has 0 aromatic heterocycles. The molecule has 8 heteroatoms. The summed E-state index contributed by atoms with van der Waals surface area (Å²) in [5, 5.41) is 8.54. The van der Waals surface area contributed by atoms with Crippen molar-refractivity contribution in [2.24, 2.45) is 5.92 Å². The highest BCUT2D eigenvalue weighted by molar-refractivity contribution is 9.10. The molecule has 0 aliphatic heterocycles. The molecule has 0 radical (unpaired) electrons. The van der Waals surface area contributed by atoms with Crippen molar-refractivity contribution in [1.82, 2.24) is 10.6 Å². The summed E-state index contributed by atoms with van der Waals surface area (Å²) in [6.45, 7) is 7.33. The van der Waals surface area contributed by atoms with Gasteiger partial charge in [0.15, 0.2) is 5.11 Å². The van der Waals surface area contributed by atoms with Crippen LogP contribution in [0.15, 0.2) is 46.9 Å². The number of carbonyl (C=O) groups is 2. The van der Waals surface area contributed by atoms with Gasteiger partial charge in [-0.3, -0.25) is 14.9 Å². The summed E-state index contributed by atoms with van der Waals surface area (Å²) < 4.78 is 6.39. The zero-order valence-corrected chi connectivity index (χ0v) is 19.7. The molecule has 30 heavy (non-hydrogen) atoms. The smallest absolute Gasteiger partial charge is 0.257 e. The molecule has 3 N–H and O–H groups in total. The summed E-state index contributed by atoms with van der Waals surface area (Å²) in [5.41, 5.74) is 1.57. The van der Waals surface area contributed by atoms with Crippen LogP contribution in [0, 0.1) is 5.92 Å². The summed E-state index contributed by atoms with van der Waals surface area (Å²) in [4.78, 5) is 24.6. The minimum absolute atomic E-state index is 0.141. The molecule has 160 valence electrons. The van der Waals surface area contributed by atoms with E-state index in [9.17, 15) is 9.59 Å². The lowest BCUT2D eigenvalue weighted by atomic mass is 10.2. The SMILES string of the molecule is CCCNC(=O)c1cccc(NC(=S)NC(=O)c2ccc(OCC(C)C)c(Br)c2)c1. The summed E-state index contributed by atoms with van der Waals surface area (Å²) in [7, 11) is 0. The number of ether oxygens (including phenoxy) is 1. The molecule has 6 nitrogen and oxygen atoms in total. The minimum Gasteiger partial charge on any atom is -0.492 e. The predicted molar refractivity (Wildman–Crippen MR) is 127 cm³/mol. The van der Waals surface area contributed by atoms with E-state index in [1.54, 1.807) is 42.5 Å². The first-order valence-corrected chi connectivity index (χ1v) is 10.9. The van der Waals surface area contributed by atoms with E-state index < -0.39 is 0 Å². The van der Waals surface area contributed by atoms with Crippen molar-refractivity contribution in [3.63, 3.8) is 0 Å². The van der Waals surface area contributed by atoms with E-state index in [0.717, 1.165) is 6.42 Å². The van der Waals surface area contributed by atoms with Crippen molar-refractivity contribution in [1.29, 1.82) is 0 Å². The van der Waals surface area contributed by atoms with Crippen molar-refractivity contribution >= 4 is 50.8 Å². The monoisotopic (exact) mass is 491 g/mol. The van der Waals surface area contributed by atoms with Crippen LogP contribution in [0.1, 0.15) is 47.9 Å². The Labute approximate surface area is 190 Å². The van der Waals surface area contributed by atoms with Crippen LogP contribution in [0.5, 0.6) is 5.75 Å². The molecule has 0 saturated carbocycles. The summed E-state index contributed by atoms with van der Waals surface area (Å²) in [6, 6.07) is 12.0. The van der Waals surface area contributed by atoms with E-state index in [1.165, 1.54) is 0 Å². The predicted octanol–water partition coefficient (Wildman–Crippen LogP) is 4.75. The van der Waals surface area contributed by atoms with Gasteiger partial charge >= 0.3 is 0 Å². The fourth-order valence-corrected chi connectivity index (χ4v) is 3.14. The molecule has 0 aliphatic rings. The maximum absolute atomic E-state index is 12.5. The van der Waals surface area contributed by atoms with Gasteiger partial charge in [0.05, 0.1) is 11.1 Å². The van der Waals surface area contributed by atoms with Crippen molar-refractivity contribution in [2.45, 2.75) is 27.2 Å². The molecule has 2 amide bonds. The first-order chi connectivity index (χ1) is 14.3. The fourth-order valence-electron chi connectivity index (χ4n) is 2.43. The van der Waals surface area contributed by atoms with Crippen LogP contribution < -0.4 is 20.7 Å². The summed E-state index contributed by atoms with van der Waals surface area (Å²) in [5.74, 6) is 0.583. The highest BCUT2D eigenvalue weighted by Crippen LogP contribution is 2.26. The third-order valence-electron chi connectivity index (χ3n) is 3.91. The van der Waals surface area contributed by atoms with Crippen LogP contribution >= 0.6 is 28.1 Å². The average Bonchev–Trinajstić information content (AvgIpc) is 2.70. The average molecular weight is 492 g/mol. The number of anilines is 1. The van der Waals surface area contributed by atoms with Crippen LogP contribution in [0.25, 0.3) is 0 Å². The zero-order chi connectivity index (χ0) is 22.1. The number of halogens is 1. The van der Waals surface area contributed by atoms with Gasteiger partial charge < -0.3 is 15.4 Å². The van der Waals surface area contributed by atoms with Crippen molar-refractivity contribution in [3.8, 4) is 5.75 Å². The standard InChI is InChI=1S/C22H26BrN3O3S/c1-4-10-24-20(27)15-6-5-7-17(11-15)25-22(30)26-21(28)16-8-9-19(18(23)12-16)29-13-14(2)3/h5-9,11-12,14H,4,10,13H2,1-3H3,(H,24,27)(H2,25,26,28,30). The van der Waals surface area contributed by atoms with Gasteiger partial charge in [-0.2, -0.15) is 0 Å². The molecule has 2 rings (SSSR count). The first-order valence-electron chi connectivity index (χ1n) is 9.73. The van der Waals surface area contributed by atoms with Gasteiger partial charge in [-0.25, -0.2) is 0 Å². The Bertz CT molecular complexity index is 918. The Morgan fingerprint density at radius 2 is 1.83 bits per heavy atom. The van der Waals surface area contributed by atoms with Crippen molar-refractivity contribution < 1.29 is 14.3 Å². The fraction of sp³-hybridized carbons (Fsp3) is 0.318. The van der Waals surface area contributed by atoms with E-state index in [4.69, 9.17) is 17.0 Å². The molecular formula is C22H26BrN3O3S. The third-order valence-corrected chi connectivity index (χ3v) is 4.74. The second kappa shape index (κ2) is 11.7. The molecular weight excluding hydrogens is 466 g/mol. The van der Waals surface area contributed by atoms with Crippen LogP contribution in [0.2, 0.25) is 0 Å². The lowest BCUT2D eigenvalue weighted by Gasteiger charge is -2.13. The van der Waals surface area contributed by atoms with Crippen LogP contribution in [0.4, 0.5) is 5.69 Å². The molecule has 2 aromatic rings. The molecule has 0 aliphatic carbocycles. The van der Waals surface area contributed by atoms with Gasteiger partial charge in [-0.15, -0.1) is 0 Å². The summed E-state index contributed by atoms with van der Waals surface area (Å²) >= 11 is 8.67. The number of carbonyl (C=O) groups excluding carboxylic acids is 2. The van der Waals surface area contributed by atoms with Gasteiger partial charge in [0, 0.05) is 23.4 Å². The number of nitrogens with one attached hydrogen (secondary N) is 3. The normalized spacial score (nSPS) is 10.4. The Balaban J connectivity index is 1.97. The van der Waals surface area contributed by atoms with Gasteiger partial charge in [-0.1, -0.05) is 26.8 Å². The molecule has 0 fully saturated rings. The number of benzene rings is 2. The van der Waals surface area contributed by atoms with Crippen LogP contribution in [-0.4, -0.2) is 30.1 Å². The van der Waals surface area contributed by atoms with Gasteiger partial charge in [0.2, 0.25) is 0 Å². The first kappa shape index (κ1) is 23.8. The van der Waals surface area contributed by atoms with Gasteiger partial charge in [0.25, 0.3) is 11.8 Å². The second-order valence-corrected chi connectivity index (χ2v) is 8.36. The lowest BCUT2D eigenvalue weighted by Crippen LogP contribution is -2.34. The zero-order valence-electron chi connectivity index (χ0n) is 17.3. The minimum atomic E-state index is -0.347. The molecule has 2 aromatic carbocycles. The van der Waals surface area contributed by atoms with Gasteiger partial charge in [-0.05, 0) is 76.9 Å². The molecule has 0 unspecified atom stereocenters. The van der Waals surface area contributed by atoms with E-state index in [2.05, 4.69) is 45.7 Å². The van der Waals surface area contributed by atoms with E-state index in [0.29, 0.717) is 46.1 Å². The van der Waals surface area contributed by atoms with Crippen LogP contribution in [0.3, 0.4) is 0 Å². The molecule has 0 heterocycles. The molecule has 0 atom stereocenters. The lowest BCUT2D eigenvalue weighted by molar-refractivity contribution is 0.0951. The molecule has 0 bridgehead atoms. The number of rotatable bonds is 8. The topological polar surface area (TPSA) is 79.5 Å². The molecule has 0 saturated heterocycles. The number of hydrogen-bond acceptors (Lipinski definition) is 4. The second-order valence-electron chi connectivity index (χ2n) is 7.10. The van der Waals surface area contributed by atoms with Crippen molar-refractivity contribution in [2.75, 3.05) is 18.5 Å². The number of amides is 2. The highest BCUT2D eigenvalue weighted by atomic mass is 79.9. The number of thiocarbonyl (C=S) groups is 1. The Morgan fingerprint density at radius 1 is 1.10 bits per heavy atom. The van der Waals surface area contributed by atoms with E-state index in [1.807, 2.05) is 6.92 Å². The van der Waals surface area contributed by atoms with Gasteiger partial charge in [0.1, 0.15) is 5.75 Å². The van der Waals surface area contributed by atoms with Crippen LogP contribution in [-0.2, 0) is 0 Å². The Kier molecular flexibility index (Phi) is 9.26. The highest BCUT2D eigenvalue weighted by Gasteiger charge is 2.12. The van der Waals surface area contributed by atoms with E-state index >= 15 is 0 Å². The maximum atomic E-state index is 12.5. The Hall–Kier alpha value is -2.45. The maximum Gasteiger partial charge on any atom is 0.257 e.